The third-order valence-corrected chi connectivity index (χ3v) is 8.48. The maximum atomic E-state index is 14.8. The van der Waals surface area contributed by atoms with Crippen LogP contribution in [0, 0.1) is 24.2 Å². The van der Waals surface area contributed by atoms with Gasteiger partial charge in [-0.2, -0.15) is 13.2 Å². The number of alkyl halides is 3. The zero-order chi connectivity index (χ0) is 29.1. The molecule has 1 aromatic heterocycles. The van der Waals surface area contributed by atoms with Gasteiger partial charge in [-0.05, 0) is 57.6 Å². The van der Waals surface area contributed by atoms with Gasteiger partial charge in [-0.1, -0.05) is 39.3 Å². The standard InChI is InChI=1S/C28H40F3NO5S/c1-16-9-8-10-17(2)24(35)19(4)25(36)26(6,7)22(33)14-23(34)37-27(12-11-16,28(29,30)31)18(3)13-21-15-38-20(5)32-21/h11,13,15,17,19,22,24,33,35H,8-10,12,14H2,1-7H3/b16-11-,18-13+. The number of hydrogen-bond donors (Lipinski definition) is 2. The molecule has 5 atom stereocenters. The van der Waals surface area contributed by atoms with E-state index in [1.165, 1.54) is 44.3 Å². The van der Waals surface area contributed by atoms with Crippen molar-refractivity contribution in [2.75, 3.05) is 0 Å². The molecular weight excluding hydrogens is 519 g/mol. The monoisotopic (exact) mass is 559 g/mol. The maximum Gasteiger partial charge on any atom is 0.432 e. The first kappa shape index (κ1) is 32.2. The number of carbonyl (C=O) groups is 2. The number of ether oxygens (including phenoxy) is 1. The van der Waals surface area contributed by atoms with Crippen LogP contribution in [0.2, 0.25) is 0 Å². The summed E-state index contributed by atoms with van der Waals surface area (Å²) in [5.41, 5.74) is -3.72. The minimum atomic E-state index is -4.97. The number of Topliss-reactive ketones (excluding diaryl/α,β-unsaturated/α-hetero) is 1. The summed E-state index contributed by atoms with van der Waals surface area (Å²) in [6.07, 6.45) is -4.67. The van der Waals surface area contributed by atoms with E-state index in [1.54, 1.807) is 26.2 Å². The molecule has 1 aliphatic heterocycles. The topological polar surface area (TPSA) is 96.7 Å². The molecule has 0 radical (unpaired) electrons. The van der Waals surface area contributed by atoms with Crippen LogP contribution in [0.25, 0.3) is 6.08 Å². The van der Waals surface area contributed by atoms with Crippen LogP contribution in [-0.2, 0) is 14.3 Å². The van der Waals surface area contributed by atoms with Crippen LogP contribution in [0.15, 0.2) is 22.6 Å². The normalized spacial score (nSPS) is 32.4. The average Bonchev–Trinajstić information content (AvgIpc) is 3.22. The molecule has 2 heterocycles. The zero-order valence-corrected chi connectivity index (χ0v) is 24.0. The second kappa shape index (κ2) is 12.4. The van der Waals surface area contributed by atoms with E-state index < -0.39 is 59.9 Å². The Hall–Kier alpha value is -2.04. The first-order chi connectivity index (χ1) is 17.4. The lowest BCUT2D eigenvalue weighted by molar-refractivity contribution is -0.255. The second-order valence-electron chi connectivity index (χ2n) is 11.1. The van der Waals surface area contributed by atoms with Gasteiger partial charge in [0.1, 0.15) is 5.78 Å². The number of thiazole rings is 1. The van der Waals surface area contributed by atoms with E-state index in [9.17, 15) is 33.0 Å². The zero-order valence-electron chi connectivity index (χ0n) is 23.2. The quantitative estimate of drug-likeness (QED) is 0.331. The summed E-state index contributed by atoms with van der Waals surface area (Å²) in [7, 11) is 0. The summed E-state index contributed by atoms with van der Waals surface area (Å²) in [6.45, 7) is 10.9. The van der Waals surface area contributed by atoms with Crippen molar-refractivity contribution in [1.82, 2.24) is 4.98 Å². The summed E-state index contributed by atoms with van der Waals surface area (Å²) < 4.78 is 49.6. The first-order valence-electron chi connectivity index (χ1n) is 12.9. The first-order valence-corrected chi connectivity index (χ1v) is 13.8. The van der Waals surface area contributed by atoms with Gasteiger partial charge in [-0.25, -0.2) is 4.98 Å². The third kappa shape index (κ3) is 7.33. The van der Waals surface area contributed by atoms with Crippen molar-refractivity contribution >= 4 is 29.2 Å². The molecule has 0 amide bonds. The van der Waals surface area contributed by atoms with Gasteiger partial charge in [0.2, 0.25) is 5.60 Å². The Bertz CT molecular complexity index is 1060. The molecule has 214 valence electrons. The van der Waals surface area contributed by atoms with E-state index in [4.69, 9.17) is 4.74 Å². The van der Waals surface area contributed by atoms with Crippen LogP contribution >= 0.6 is 11.3 Å². The van der Waals surface area contributed by atoms with E-state index >= 15 is 0 Å². The Morgan fingerprint density at radius 3 is 2.39 bits per heavy atom. The van der Waals surface area contributed by atoms with Crippen molar-refractivity contribution in [2.24, 2.45) is 17.3 Å². The van der Waals surface area contributed by atoms with Gasteiger partial charge in [0.25, 0.3) is 0 Å². The number of allylic oxidation sites excluding steroid dienone is 1. The fourth-order valence-electron chi connectivity index (χ4n) is 4.81. The number of rotatable bonds is 2. The highest BCUT2D eigenvalue weighted by Crippen LogP contribution is 2.44. The van der Waals surface area contributed by atoms with Gasteiger partial charge in [0, 0.05) is 17.7 Å². The Kier molecular flexibility index (Phi) is 10.5. The molecule has 0 spiro atoms. The van der Waals surface area contributed by atoms with E-state index in [0.717, 1.165) is 0 Å². The molecule has 2 N–H and O–H groups in total. The van der Waals surface area contributed by atoms with Gasteiger partial charge in [0.05, 0.1) is 34.7 Å². The lowest BCUT2D eigenvalue weighted by Crippen LogP contribution is -2.51. The molecule has 38 heavy (non-hydrogen) atoms. The number of halogens is 3. The Morgan fingerprint density at radius 1 is 1.21 bits per heavy atom. The van der Waals surface area contributed by atoms with Crippen LogP contribution in [0.5, 0.6) is 0 Å². The lowest BCUT2D eigenvalue weighted by atomic mass is 9.73. The van der Waals surface area contributed by atoms with Crippen LogP contribution in [0.3, 0.4) is 0 Å². The molecule has 0 saturated heterocycles. The van der Waals surface area contributed by atoms with Crippen LogP contribution in [-0.4, -0.2) is 50.9 Å². The number of aromatic nitrogens is 1. The maximum absolute atomic E-state index is 14.8. The largest absolute Gasteiger partial charge is 0.444 e. The number of aryl methyl sites for hydroxylation is 1. The highest BCUT2D eigenvalue weighted by Gasteiger charge is 2.59. The summed E-state index contributed by atoms with van der Waals surface area (Å²) in [4.78, 5) is 30.4. The van der Waals surface area contributed by atoms with Crippen LogP contribution in [0.1, 0.15) is 84.3 Å². The summed E-state index contributed by atoms with van der Waals surface area (Å²) in [5.74, 6) is -2.83. The molecule has 0 aliphatic carbocycles. The summed E-state index contributed by atoms with van der Waals surface area (Å²) >= 11 is 1.29. The number of ketones is 1. The molecule has 1 aliphatic rings. The van der Waals surface area contributed by atoms with Crippen molar-refractivity contribution < 1.29 is 37.7 Å². The van der Waals surface area contributed by atoms with Gasteiger partial charge in [-0.3, -0.25) is 9.59 Å². The smallest absolute Gasteiger partial charge is 0.432 e. The van der Waals surface area contributed by atoms with Crippen LogP contribution < -0.4 is 0 Å². The number of esters is 1. The molecule has 0 aromatic carbocycles. The molecule has 1 aromatic rings. The SMILES string of the molecule is C/C1=C/CC(/C(C)=C/c2csc(C)n2)(C(F)(F)F)OC(=O)CC(O)C(C)(C)C(=O)C(C)C(O)C(C)CCC1. The molecule has 0 fully saturated rings. The molecular formula is C28H40F3NO5S. The molecule has 0 saturated carbocycles. The summed E-state index contributed by atoms with van der Waals surface area (Å²) in [6, 6.07) is 0. The van der Waals surface area contributed by atoms with Crippen LogP contribution in [0.4, 0.5) is 13.2 Å². The Labute approximate surface area is 227 Å². The summed E-state index contributed by atoms with van der Waals surface area (Å²) in [5, 5.41) is 23.9. The number of nitrogens with zero attached hydrogens (tertiary/aromatic N) is 1. The molecule has 10 heteroatoms. The van der Waals surface area contributed by atoms with Gasteiger partial charge < -0.3 is 14.9 Å². The number of carbonyl (C=O) groups excluding carboxylic acids is 2. The Morgan fingerprint density at radius 2 is 1.84 bits per heavy atom. The van der Waals surface area contributed by atoms with Gasteiger partial charge in [-0.15, -0.1) is 11.3 Å². The number of aliphatic hydroxyl groups is 2. The molecule has 6 nitrogen and oxygen atoms in total. The average molecular weight is 560 g/mol. The number of aliphatic hydroxyl groups excluding tert-OH is 2. The highest BCUT2D eigenvalue weighted by atomic mass is 32.1. The van der Waals surface area contributed by atoms with Gasteiger partial charge in [0.15, 0.2) is 0 Å². The fraction of sp³-hybridized carbons (Fsp3) is 0.679. The minimum absolute atomic E-state index is 0.242. The lowest BCUT2D eigenvalue weighted by Gasteiger charge is -2.37. The minimum Gasteiger partial charge on any atom is -0.444 e. The predicted octanol–water partition coefficient (Wildman–Crippen LogP) is 6.20. The number of cyclic esters (lactones) is 1. The van der Waals surface area contributed by atoms with E-state index in [1.807, 2.05) is 6.92 Å². The van der Waals surface area contributed by atoms with Gasteiger partial charge >= 0.3 is 12.1 Å². The fourth-order valence-corrected chi connectivity index (χ4v) is 5.38. The van der Waals surface area contributed by atoms with Crippen molar-refractivity contribution in [2.45, 2.75) is 105 Å². The molecule has 5 unspecified atom stereocenters. The molecule has 0 bridgehead atoms. The van der Waals surface area contributed by atoms with E-state index in [2.05, 4.69) is 4.98 Å². The third-order valence-electron chi connectivity index (χ3n) is 7.69. The van der Waals surface area contributed by atoms with Crippen molar-refractivity contribution in [3.05, 3.63) is 33.3 Å². The van der Waals surface area contributed by atoms with Crippen molar-refractivity contribution in [1.29, 1.82) is 0 Å². The second-order valence-corrected chi connectivity index (χ2v) is 12.2. The number of hydrogen-bond acceptors (Lipinski definition) is 7. The van der Waals surface area contributed by atoms with Crippen molar-refractivity contribution in [3.8, 4) is 0 Å². The predicted molar refractivity (Wildman–Crippen MR) is 141 cm³/mol. The molecule has 2 rings (SSSR count). The van der Waals surface area contributed by atoms with Crippen molar-refractivity contribution in [3.63, 3.8) is 0 Å². The van der Waals surface area contributed by atoms with E-state index in [0.29, 0.717) is 35.5 Å². The highest BCUT2D eigenvalue weighted by molar-refractivity contribution is 7.09. The Balaban J connectivity index is 2.59. The van der Waals surface area contributed by atoms with E-state index in [-0.39, 0.29) is 11.5 Å².